The van der Waals surface area contributed by atoms with Gasteiger partial charge in [0.15, 0.2) is 17.5 Å². The number of ether oxygens (including phenoxy) is 3. The van der Waals surface area contributed by atoms with Crippen LogP contribution in [-0.2, 0) is 23.9 Å². The number of nitrogens with two attached hydrogens (primary N) is 1. The van der Waals surface area contributed by atoms with Gasteiger partial charge in [0, 0.05) is 55.6 Å². The van der Waals surface area contributed by atoms with Crippen molar-refractivity contribution in [2.45, 2.75) is 38.9 Å². The van der Waals surface area contributed by atoms with Crippen LogP contribution in [0.5, 0.6) is 0 Å². The van der Waals surface area contributed by atoms with Crippen LogP contribution in [-0.4, -0.2) is 93.7 Å². The minimum absolute atomic E-state index is 0. The van der Waals surface area contributed by atoms with Gasteiger partial charge >= 0.3 is 103 Å². The number of nitrogens with zero attached hydrogens (tertiary/aromatic N) is 4. The third-order valence-electron chi connectivity index (χ3n) is 7.73. The Balaban J connectivity index is 0. The smallest absolute Gasteiger partial charge is 1.00 e. The van der Waals surface area contributed by atoms with E-state index < -0.39 is 33.0 Å². The summed E-state index contributed by atoms with van der Waals surface area (Å²) in [4.78, 5) is 34.2. The maximum atomic E-state index is 13.8. The summed E-state index contributed by atoms with van der Waals surface area (Å²) < 4.78 is 67.5. The summed E-state index contributed by atoms with van der Waals surface area (Å²) in [6, 6.07) is 11.5. The number of nitrogens with one attached hydrogen (secondary N) is 1. The zero-order valence-electron chi connectivity index (χ0n) is 32.8. The molecule has 6 rings (SSSR count). The minimum Gasteiger partial charge on any atom is -1.00 e. The first-order valence-electron chi connectivity index (χ1n) is 16.5. The monoisotopic (exact) mass is 850 g/mol. The number of hydrogen-bond donors (Lipinski definition) is 2. The van der Waals surface area contributed by atoms with E-state index in [0.29, 0.717) is 68.2 Å². The fourth-order valence-corrected chi connectivity index (χ4v) is 5.06. The van der Waals surface area contributed by atoms with E-state index in [9.17, 15) is 37.8 Å². The van der Waals surface area contributed by atoms with Crippen molar-refractivity contribution in [3.63, 3.8) is 0 Å². The second kappa shape index (κ2) is 29.4. The summed E-state index contributed by atoms with van der Waals surface area (Å²) in [5, 5.41) is 32.2. The molecular weight excluding hydrogens is 807 g/mol. The van der Waals surface area contributed by atoms with Crippen LogP contribution >= 0.6 is 0 Å². The van der Waals surface area contributed by atoms with Gasteiger partial charge in [-0.1, -0.05) is 0 Å². The van der Waals surface area contributed by atoms with Crippen LogP contribution in [0.2, 0.25) is 0 Å². The number of hydrogen-bond acceptors (Lipinski definition) is 14. The molecule has 0 unspecified atom stereocenters. The van der Waals surface area contributed by atoms with Gasteiger partial charge in [0.05, 0.1) is 73.0 Å². The van der Waals surface area contributed by atoms with Gasteiger partial charge in [0.2, 0.25) is 0 Å². The average molecular weight is 851 g/mol. The Morgan fingerprint density at radius 2 is 1.20 bits per heavy atom. The van der Waals surface area contributed by atoms with E-state index in [1.54, 1.807) is 12.1 Å². The molecule has 3 N–H and O–H groups in total. The molecule has 0 aromatic heterocycles. The predicted octanol–water partition coefficient (Wildman–Crippen LogP) is -1.99. The molecule has 3 aromatic rings. The number of halogens is 4. The predicted molar refractivity (Wildman–Crippen MR) is 189 cm³/mol. The molecule has 3 fully saturated rings. The number of nitrogen functional groups attached to an aromatic ring is 1. The molecule has 0 spiro atoms. The standard InChI is InChI=1S/C11H13FN2O3.C11H15FN2O.C6H3F2NO2.C5H11NO.CH2O3.2K.H/c1-8-7-17-5-4-13(8)11-3-2-9(14(15)16)6-10(11)12;1-8-7-15-5-4-14(8)11-3-2-9(13)6-10(11)12;7-5-2-1-4(9(10)11)3-6(5)8;1-5-4-7-3-2-6-5;2-1-4-3;;;/h2-3,6,8H,4-5,7H2,1H3;2-3,6,8H,4-5,7,13H2,1H3;1-3H;5-6H,2-4H2,1H3;1,3H;;;/q;;;;;2*+1;-1/p-1/t2*8-;;5-;;;;/m00.0..../s1. The number of anilines is 3. The van der Waals surface area contributed by atoms with Gasteiger partial charge in [-0.3, -0.25) is 25.0 Å². The van der Waals surface area contributed by atoms with Crippen LogP contribution in [0, 0.1) is 43.5 Å². The average Bonchev–Trinajstić information content (AvgIpc) is 3.15. The van der Waals surface area contributed by atoms with Crippen molar-refractivity contribution < 1.29 is 161 Å². The number of nitro groups is 2. The first kappa shape index (κ1) is 54.1. The third-order valence-corrected chi connectivity index (χ3v) is 7.73. The molecule has 300 valence electrons. The summed E-state index contributed by atoms with van der Waals surface area (Å²) in [6.45, 7) is 12.4. The Kier molecular flexibility index (Phi) is 28.4. The van der Waals surface area contributed by atoms with Crippen LogP contribution in [0.3, 0.4) is 0 Å². The molecule has 56 heavy (non-hydrogen) atoms. The van der Waals surface area contributed by atoms with Crippen LogP contribution < -0.4 is 129 Å². The Labute approximate surface area is 407 Å². The van der Waals surface area contributed by atoms with Crippen LogP contribution in [0.1, 0.15) is 22.2 Å². The molecule has 3 aliphatic heterocycles. The molecule has 3 aromatic carbocycles. The zero-order valence-corrected chi connectivity index (χ0v) is 38.1. The van der Waals surface area contributed by atoms with E-state index >= 15 is 0 Å². The van der Waals surface area contributed by atoms with Crippen molar-refractivity contribution in [1.29, 1.82) is 0 Å². The normalized spacial score (nSPS) is 18.4. The molecule has 3 saturated heterocycles. The summed E-state index contributed by atoms with van der Waals surface area (Å²) in [5.74, 6) is -3.12. The summed E-state index contributed by atoms with van der Waals surface area (Å²) in [5.41, 5.74) is 6.29. The van der Waals surface area contributed by atoms with E-state index in [1.807, 2.05) is 23.6 Å². The Morgan fingerprint density at radius 1 is 0.750 bits per heavy atom. The van der Waals surface area contributed by atoms with Crippen LogP contribution in [0.4, 0.5) is 46.0 Å². The maximum absolute atomic E-state index is 13.8. The molecule has 16 nitrogen and oxygen atoms in total. The Hall–Kier alpha value is -1.88. The molecular formula is C34H44F4K2N6O10. The van der Waals surface area contributed by atoms with Gasteiger partial charge in [-0.05, 0) is 51.1 Å². The minimum atomic E-state index is -1.21. The topological polar surface area (TPSA) is 208 Å². The van der Waals surface area contributed by atoms with Crippen molar-refractivity contribution in [2.75, 3.05) is 74.8 Å². The number of carbonyl (C=O) groups excluding carboxylic acids is 1. The van der Waals surface area contributed by atoms with E-state index in [-0.39, 0.29) is 134 Å². The number of nitro benzene ring substituents is 2. The molecule has 0 bridgehead atoms. The maximum Gasteiger partial charge on any atom is 1.00 e. The Morgan fingerprint density at radius 3 is 1.55 bits per heavy atom. The van der Waals surface area contributed by atoms with Crippen molar-refractivity contribution in [3.8, 4) is 0 Å². The second-order valence-corrected chi connectivity index (χ2v) is 11.8. The second-order valence-electron chi connectivity index (χ2n) is 11.8. The van der Waals surface area contributed by atoms with Crippen LogP contribution in [0.25, 0.3) is 0 Å². The molecule has 22 heteroatoms. The van der Waals surface area contributed by atoms with Crippen molar-refractivity contribution in [3.05, 3.63) is 98.1 Å². The van der Waals surface area contributed by atoms with E-state index in [1.165, 1.54) is 18.2 Å². The number of morpholine rings is 3. The number of non-ortho nitro benzene ring substituents is 2. The third kappa shape index (κ3) is 19.2. The van der Waals surface area contributed by atoms with Crippen molar-refractivity contribution in [1.82, 2.24) is 5.32 Å². The Bertz CT molecular complexity index is 1660. The van der Waals surface area contributed by atoms with Gasteiger partial charge in [-0.15, -0.1) is 0 Å². The van der Waals surface area contributed by atoms with E-state index in [4.69, 9.17) is 30.0 Å². The van der Waals surface area contributed by atoms with E-state index in [2.05, 4.69) is 17.1 Å². The first-order valence-corrected chi connectivity index (χ1v) is 16.5. The SMILES string of the molecule is C[C@H]1COCCN1.C[C@H]1COCCN1c1ccc(N)cc1F.C[C@H]1COCCN1c1ccc([N+](=O)[O-])cc1F.O=CO[O-].O=[N+]([O-])c1ccc(F)c(F)c1.[H-].[K+].[K+]. The van der Waals surface area contributed by atoms with Gasteiger partial charge in [-0.25, -0.2) is 17.6 Å². The molecule has 3 aliphatic rings. The molecule has 0 radical (unpaired) electrons. The van der Waals surface area contributed by atoms with Gasteiger partial charge in [0.25, 0.3) is 17.8 Å². The first-order chi connectivity index (χ1) is 25.7. The summed E-state index contributed by atoms with van der Waals surface area (Å²) in [6.07, 6.45) is 0. The fourth-order valence-electron chi connectivity index (χ4n) is 5.06. The summed E-state index contributed by atoms with van der Waals surface area (Å²) in [7, 11) is 0. The summed E-state index contributed by atoms with van der Waals surface area (Å²) >= 11 is 0. The molecule has 3 heterocycles. The molecule has 0 aliphatic carbocycles. The molecule has 3 atom stereocenters. The van der Waals surface area contributed by atoms with Gasteiger partial charge in [0.1, 0.15) is 5.82 Å². The van der Waals surface area contributed by atoms with Crippen LogP contribution in [0.15, 0.2) is 54.6 Å². The quantitative estimate of drug-likeness (QED) is 0.0543. The largest absolute Gasteiger partial charge is 1.00 e. The van der Waals surface area contributed by atoms with Crippen molar-refractivity contribution in [2.24, 2.45) is 0 Å². The van der Waals surface area contributed by atoms with Gasteiger partial charge < -0.3 is 46.6 Å². The van der Waals surface area contributed by atoms with Crippen molar-refractivity contribution >= 4 is 34.9 Å². The zero-order chi connectivity index (χ0) is 40.2. The number of carbonyl (C=O) groups is 1. The number of rotatable bonds is 5. The number of benzene rings is 3. The van der Waals surface area contributed by atoms with E-state index in [0.717, 1.165) is 38.4 Å². The molecule has 0 saturated carbocycles. The molecule has 0 amide bonds. The fraction of sp³-hybridized carbons (Fsp3) is 0.441. The van der Waals surface area contributed by atoms with Gasteiger partial charge in [-0.2, -0.15) is 0 Å².